The second-order valence-electron chi connectivity index (χ2n) is 6.48. The van der Waals surface area contributed by atoms with Gasteiger partial charge in [0, 0.05) is 30.5 Å². The highest BCUT2D eigenvalue weighted by atomic mass is 16.5. The Morgan fingerprint density at radius 3 is 2.81 bits per heavy atom. The second-order valence-corrected chi connectivity index (χ2v) is 6.48. The zero-order valence-corrected chi connectivity index (χ0v) is 15.2. The Hall–Kier alpha value is -2.69. The van der Waals surface area contributed by atoms with Crippen molar-refractivity contribution in [2.45, 2.75) is 25.7 Å². The van der Waals surface area contributed by atoms with Crippen LogP contribution >= 0.6 is 0 Å². The zero-order valence-electron chi connectivity index (χ0n) is 15.2. The van der Waals surface area contributed by atoms with Gasteiger partial charge in [0.1, 0.15) is 0 Å². The number of fused-ring (bicyclic) bond motifs is 1. The maximum Gasteiger partial charge on any atom is 0.184 e. The molecule has 0 amide bonds. The second kappa shape index (κ2) is 7.28. The van der Waals surface area contributed by atoms with Crippen LogP contribution in [0.1, 0.15) is 31.4 Å². The Labute approximate surface area is 153 Å². The van der Waals surface area contributed by atoms with Crippen LogP contribution in [0.2, 0.25) is 0 Å². The van der Waals surface area contributed by atoms with Crippen molar-refractivity contribution in [2.24, 2.45) is 0 Å². The third-order valence-electron chi connectivity index (χ3n) is 5.01. The van der Waals surface area contributed by atoms with Gasteiger partial charge in [-0.05, 0) is 44.0 Å². The SMILES string of the molecule is CCOc1[c]ccc(N2CCC(c3noc4ccccc34)CC2)c1OC. The van der Waals surface area contributed by atoms with Crippen molar-refractivity contribution in [2.75, 3.05) is 31.7 Å². The average molecular weight is 351 g/mol. The smallest absolute Gasteiger partial charge is 0.184 e. The minimum Gasteiger partial charge on any atom is -0.491 e. The summed E-state index contributed by atoms with van der Waals surface area (Å²) in [6, 6.07) is 15.2. The molecule has 1 aliphatic rings. The molecule has 5 nitrogen and oxygen atoms in total. The maximum atomic E-state index is 5.66. The fourth-order valence-corrected chi connectivity index (χ4v) is 3.75. The van der Waals surface area contributed by atoms with E-state index in [1.807, 2.05) is 37.3 Å². The van der Waals surface area contributed by atoms with Gasteiger partial charge in [0.15, 0.2) is 17.1 Å². The molecule has 0 saturated carbocycles. The summed E-state index contributed by atoms with van der Waals surface area (Å²) in [6.45, 7) is 4.45. The molecule has 4 rings (SSSR count). The fourth-order valence-electron chi connectivity index (χ4n) is 3.75. The number of hydrogen-bond acceptors (Lipinski definition) is 5. The number of nitrogens with zero attached hydrogens (tertiary/aromatic N) is 2. The van der Waals surface area contributed by atoms with Gasteiger partial charge in [-0.3, -0.25) is 0 Å². The average Bonchev–Trinajstić information content (AvgIpc) is 3.12. The predicted octanol–water partition coefficient (Wildman–Crippen LogP) is 4.42. The number of methoxy groups -OCH3 is 1. The molecule has 5 heteroatoms. The zero-order chi connectivity index (χ0) is 17.9. The van der Waals surface area contributed by atoms with Crippen LogP contribution < -0.4 is 14.4 Å². The van der Waals surface area contributed by atoms with E-state index in [2.05, 4.69) is 22.2 Å². The fraction of sp³-hybridized carbons (Fsp3) is 0.381. The Morgan fingerprint density at radius 1 is 1.23 bits per heavy atom. The molecule has 0 N–H and O–H groups in total. The first-order valence-electron chi connectivity index (χ1n) is 9.12. The normalized spacial score (nSPS) is 15.4. The molecule has 0 unspecified atom stereocenters. The standard InChI is InChI=1S/C21H23N2O3/c1-3-25-19-10-6-8-17(21(19)24-2)23-13-11-15(12-14-23)20-16-7-4-5-9-18(16)26-22-20/h4-9,15H,3,11-14H2,1-2H3. The van der Waals surface area contributed by atoms with E-state index in [-0.39, 0.29) is 0 Å². The quantitative estimate of drug-likeness (QED) is 0.681. The summed E-state index contributed by atoms with van der Waals surface area (Å²) in [4.78, 5) is 2.36. The molecule has 0 atom stereocenters. The van der Waals surface area contributed by atoms with Crippen LogP contribution in [0.25, 0.3) is 11.0 Å². The monoisotopic (exact) mass is 351 g/mol. The molecule has 0 aliphatic carbocycles. The van der Waals surface area contributed by atoms with Crippen molar-refractivity contribution in [1.29, 1.82) is 0 Å². The number of rotatable bonds is 5. The highest BCUT2D eigenvalue weighted by Gasteiger charge is 2.27. The van der Waals surface area contributed by atoms with Gasteiger partial charge < -0.3 is 18.9 Å². The van der Waals surface area contributed by atoms with Gasteiger partial charge in [-0.15, -0.1) is 0 Å². The number of piperidine rings is 1. The Morgan fingerprint density at radius 2 is 2.04 bits per heavy atom. The lowest BCUT2D eigenvalue weighted by molar-refractivity contribution is 0.310. The Bertz CT molecular complexity index is 882. The van der Waals surface area contributed by atoms with Gasteiger partial charge in [0.2, 0.25) is 0 Å². The first-order chi connectivity index (χ1) is 12.8. The molecule has 1 fully saturated rings. The lowest BCUT2D eigenvalue weighted by Gasteiger charge is -2.34. The van der Waals surface area contributed by atoms with Crippen molar-refractivity contribution >= 4 is 16.7 Å². The van der Waals surface area contributed by atoms with Crippen LogP contribution in [0, 0.1) is 6.07 Å². The third kappa shape index (κ3) is 2.98. The summed E-state index contributed by atoms with van der Waals surface area (Å²) in [6.07, 6.45) is 2.06. The van der Waals surface area contributed by atoms with Gasteiger partial charge in [-0.1, -0.05) is 17.3 Å². The molecule has 1 radical (unpaired) electrons. The number of aromatic nitrogens is 1. The van der Waals surface area contributed by atoms with E-state index in [1.54, 1.807) is 7.11 Å². The summed E-state index contributed by atoms with van der Waals surface area (Å²) in [5.41, 5.74) is 3.02. The van der Waals surface area contributed by atoms with Crippen LogP contribution in [-0.2, 0) is 0 Å². The number of hydrogen-bond donors (Lipinski definition) is 0. The first-order valence-corrected chi connectivity index (χ1v) is 9.12. The summed E-state index contributed by atoms with van der Waals surface area (Å²) in [5.74, 6) is 1.86. The van der Waals surface area contributed by atoms with E-state index >= 15 is 0 Å². The molecule has 1 aliphatic heterocycles. The summed E-state index contributed by atoms with van der Waals surface area (Å²) in [5, 5.41) is 5.48. The van der Waals surface area contributed by atoms with Crippen molar-refractivity contribution in [3.63, 3.8) is 0 Å². The van der Waals surface area contributed by atoms with Crippen molar-refractivity contribution in [3.05, 3.63) is 48.2 Å². The van der Waals surface area contributed by atoms with Gasteiger partial charge in [-0.2, -0.15) is 0 Å². The molecule has 3 aromatic rings. The number of benzene rings is 2. The largest absolute Gasteiger partial charge is 0.491 e. The molecule has 0 bridgehead atoms. The highest BCUT2D eigenvalue weighted by molar-refractivity contribution is 5.79. The topological polar surface area (TPSA) is 47.7 Å². The van der Waals surface area contributed by atoms with Gasteiger partial charge >= 0.3 is 0 Å². The van der Waals surface area contributed by atoms with Gasteiger partial charge in [0.05, 0.1) is 25.1 Å². The number of ether oxygens (including phenoxy) is 2. The van der Waals surface area contributed by atoms with E-state index < -0.39 is 0 Å². The number of para-hydroxylation sites is 1. The lowest BCUT2D eigenvalue weighted by Crippen LogP contribution is -2.33. The minimum atomic E-state index is 0.419. The van der Waals surface area contributed by atoms with Gasteiger partial charge in [0.25, 0.3) is 0 Å². The molecule has 2 heterocycles. The first kappa shape index (κ1) is 16.8. The molecular formula is C21H23N2O3. The van der Waals surface area contributed by atoms with E-state index in [0.717, 1.165) is 54.0 Å². The van der Waals surface area contributed by atoms with E-state index in [0.29, 0.717) is 18.3 Å². The third-order valence-corrected chi connectivity index (χ3v) is 5.01. The minimum absolute atomic E-state index is 0.419. The molecule has 0 spiro atoms. The Balaban J connectivity index is 1.53. The van der Waals surface area contributed by atoms with E-state index in [9.17, 15) is 0 Å². The van der Waals surface area contributed by atoms with Crippen molar-refractivity contribution in [1.82, 2.24) is 5.16 Å². The summed E-state index contributed by atoms with van der Waals surface area (Å²) >= 11 is 0. The van der Waals surface area contributed by atoms with Crippen molar-refractivity contribution in [3.8, 4) is 11.5 Å². The number of anilines is 1. The molecule has 1 saturated heterocycles. The van der Waals surface area contributed by atoms with E-state index in [4.69, 9.17) is 14.0 Å². The molecule has 26 heavy (non-hydrogen) atoms. The van der Waals surface area contributed by atoms with Crippen molar-refractivity contribution < 1.29 is 14.0 Å². The van der Waals surface area contributed by atoms with Crippen LogP contribution in [-0.4, -0.2) is 32.0 Å². The van der Waals surface area contributed by atoms with Crippen LogP contribution in [0.3, 0.4) is 0 Å². The van der Waals surface area contributed by atoms with Crippen LogP contribution in [0.4, 0.5) is 5.69 Å². The lowest BCUT2D eigenvalue weighted by atomic mass is 9.91. The van der Waals surface area contributed by atoms with E-state index in [1.165, 1.54) is 0 Å². The van der Waals surface area contributed by atoms with Crippen LogP contribution in [0.5, 0.6) is 11.5 Å². The highest BCUT2D eigenvalue weighted by Crippen LogP contribution is 2.40. The van der Waals surface area contributed by atoms with Gasteiger partial charge in [-0.25, -0.2) is 0 Å². The molecule has 1 aromatic heterocycles. The molecule has 2 aromatic carbocycles. The summed E-state index contributed by atoms with van der Waals surface area (Å²) in [7, 11) is 1.68. The Kier molecular flexibility index (Phi) is 4.69. The maximum absolute atomic E-state index is 5.66. The molecule has 135 valence electrons. The summed E-state index contributed by atoms with van der Waals surface area (Å²) < 4.78 is 16.8. The predicted molar refractivity (Wildman–Crippen MR) is 101 cm³/mol. The van der Waals surface area contributed by atoms with Crippen LogP contribution in [0.15, 0.2) is 40.9 Å². The molecular weight excluding hydrogens is 328 g/mol.